The van der Waals surface area contributed by atoms with Gasteiger partial charge in [0.2, 0.25) is 21.8 Å². The fourth-order valence-electron chi connectivity index (χ4n) is 3.14. The largest absolute Gasteiger partial charge is 0.353 e. The number of hydrogen-bond acceptors (Lipinski definition) is 4. The van der Waals surface area contributed by atoms with Crippen LogP contribution in [0.25, 0.3) is 0 Å². The van der Waals surface area contributed by atoms with Crippen LogP contribution in [0.15, 0.2) is 23.1 Å². The smallest absolute Gasteiger partial charge is 0.243 e. The molecule has 1 aromatic rings. The van der Waals surface area contributed by atoms with Gasteiger partial charge in [0.25, 0.3) is 0 Å². The van der Waals surface area contributed by atoms with Crippen molar-refractivity contribution >= 4 is 27.5 Å². The molecule has 7 nitrogen and oxygen atoms in total. The molecule has 1 aliphatic rings. The Balaban J connectivity index is 2.21. The van der Waals surface area contributed by atoms with E-state index in [1.54, 1.807) is 17.0 Å². The summed E-state index contributed by atoms with van der Waals surface area (Å²) in [6.07, 6.45) is 1.38. The SMILES string of the molecule is CC[C@@H](C)NC(=O)CN(C)S(=O)(=O)c1ccc2c(c1)C[C@@H](C)N2C(C)=O. The van der Waals surface area contributed by atoms with Gasteiger partial charge in [0.05, 0.1) is 11.4 Å². The molecule has 2 rings (SSSR count). The minimum absolute atomic E-state index is 0.000470. The first kappa shape index (κ1) is 20.4. The molecule has 2 amide bonds. The first-order valence-corrected chi connectivity index (χ1v) is 10.2. The second-order valence-electron chi connectivity index (χ2n) is 6.87. The van der Waals surface area contributed by atoms with Crippen LogP contribution >= 0.6 is 0 Å². The fourth-order valence-corrected chi connectivity index (χ4v) is 4.32. The summed E-state index contributed by atoms with van der Waals surface area (Å²) in [6.45, 7) is 7.01. The molecule has 0 spiro atoms. The van der Waals surface area contributed by atoms with Crippen molar-refractivity contribution in [2.75, 3.05) is 18.5 Å². The lowest BCUT2D eigenvalue weighted by Crippen LogP contribution is -2.41. The van der Waals surface area contributed by atoms with Crippen LogP contribution in [0.4, 0.5) is 5.69 Å². The Hall–Kier alpha value is -1.93. The monoisotopic (exact) mass is 381 g/mol. The third-order valence-electron chi connectivity index (χ3n) is 4.70. The minimum atomic E-state index is -3.78. The fraction of sp³-hybridized carbons (Fsp3) is 0.556. The van der Waals surface area contributed by atoms with E-state index in [0.717, 1.165) is 22.0 Å². The number of amides is 2. The highest BCUT2D eigenvalue weighted by Gasteiger charge is 2.31. The van der Waals surface area contributed by atoms with E-state index in [-0.39, 0.29) is 35.3 Å². The van der Waals surface area contributed by atoms with Gasteiger partial charge in [-0.05, 0) is 50.5 Å². The second kappa shape index (κ2) is 7.75. The Bertz CT molecular complexity index is 807. The number of likely N-dealkylation sites (N-methyl/N-ethyl adjacent to an activating group) is 1. The number of nitrogens with zero attached hydrogens (tertiary/aromatic N) is 2. The Morgan fingerprint density at radius 3 is 2.62 bits per heavy atom. The van der Waals surface area contributed by atoms with E-state index >= 15 is 0 Å². The highest BCUT2D eigenvalue weighted by atomic mass is 32.2. The number of benzene rings is 1. The highest BCUT2D eigenvalue weighted by Crippen LogP contribution is 2.34. The number of nitrogens with one attached hydrogen (secondary N) is 1. The summed E-state index contributed by atoms with van der Waals surface area (Å²) in [5.41, 5.74) is 1.58. The van der Waals surface area contributed by atoms with Crippen molar-refractivity contribution in [3.05, 3.63) is 23.8 Å². The molecule has 144 valence electrons. The molecule has 0 aromatic heterocycles. The molecule has 0 saturated carbocycles. The molecule has 0 radical (unpaired) electrons. The molecule has 26 heavy (non-hydrogen) atoms. The highest BCUT2D eigenvalue weighted by molar-refractivity contribution is 7.89. The Morgan fingerprint density at radius 2 is 2.04 bits per heavy atom. The zero-order valence-corrected chi connectivity index (χ0v) is 16.8. The van der Waals surface area contributed by atoms with Gasteiger partial charge >= 0.3 is 0 Å². The summed E-state index contributed by atoms with van der Waals surface area (Å²) < 4.78 is 26.6. The van der Waals surface area contributed by atoms with E-state index in [4.69, 9.17) is 0 Å². The van der Waals surface area contributed by atoms with E-state index in [2.05, 4.69) is 5.32 Å². The molecule has 8 heteroatoms. The third-order valence-corrected chi connectivity index (χ3v) is 6.50. The lowest BCUT2D eigenvalue weighted by atomic mass is 10.1. The zero-order valence-electron chi connectivity index (χ0n) is 15.9. The summed E-state index contributed by atoms with van der Waals surface area (Å²) in [5.74, 6) is -0.395. The summed E-state index contributed by atoms with van der Waals surface area (Å²) in [5, 5.41) is 2.76. The first-order valence-electron chi connectivity index (χ1n) is 8.76. The molecule has 2 atom stereocenters. The summed E-state index contributed by atoms with van der Waals surface area (Å²) >= 11 is 0. The average molecular weight is 381 g/mol. The van der Waals surface area contributed by atoms with Crippen LogP contribution in [0.3, 0.4) is 0 Å². The van der Waals surface area contributed by atoms with Gasteiger partial charge in [0, 0.05) is 31.7 Å². The van der Waals surface area contributed by atoms with Gasteiger partial charge in [-0.2, -0.15) is 4.31 Å². The number of carbonyl (C=O) groups excluding carboxylic acids is 2. The van der Waals surface area contributed by atoms with E-state index < -0.39 is 10.0 Å². The number of rotatable bonds is 6. The number of anilines is 1. The number of fused-ring (bicyclic) bond motifs is 1. The lowest BCUT2D eigenvalue weighted by Gasteiger charge is -2.21. The number of sulfonamides is 1. The van der Waals surface area contributed by atoms with Crippen LogP contribution in [-0.2, 0) is 26.0 Å². The molecule has 1 aliphatic heterocycles. The minimum Gasteiger partial charge on any atom is -0.353 e. The van der Waals surface area contributed by atoms with Crippen molar-refractivity contribution in [3.8, 4) is 0 Å². The molecule has 0 saturated heterocycles. The van der Waals surface area contributed by atoms with E-state index in [9.17, 15) is 18.0 Å². The van der Waals surface area contributed by atoms with Crippen molar-refractivity contribution in [2.45, 2.75) is 57.5 Å². The van der Waals surface area contributed by atoms with Gasteiger partial charge in [0.15, 0.2) is 0 Å². The van der Waals surface area contributed by atoms with Crippen LogP contribution in [0.5, 0.6) is 0 Å². The van der Waals surface area contributed by atoms with Gasteiger partial charge < -0.3 is 10.2 Å². The van der Waals surface area contributed by atoms with Crippen LogP contribution < -0.4 is 10.2 Å². The van der Waals surface area contributed by atoms with Gasteiger partial charge in [-0.25, -0.2) is 8.42 Å². The molecular formula is C18H27N3O4S. The van der Waals surface area contributed by atoms with Crippen LogP contribution in [0.1, 0.15) is 39.7 Å². The van der Waals surface area contributed by atoms with Crippen LogP contribution in [0.2, 0.25) is 0 Å². The standard InChI is InChI=1S/C18H27N3O4S/c1-6-12(2)19-18(23)11-20(5)26(24,25)16-7-8-17-15(10-16)9-13(3)21(17)14(4)22/h7-8,10,12-13H,6,9,11H2,1-5H3,(H,19,23)/t12-,13-/m1/s1. The molecule has 1 N–H and O–H groups in total. The number of hydrogen-bond donors (Lipinski definition) is 1. The van der Waals surface area contributed by atoms with Crippen molar-refractivity contribution < 1.29 is 18.0 Å². The molecule has 0 fully saturated rings. The van der Waals surface area contributed by atoms with Crippen molar-refractivity contribution in [3.63, 3.8) is 0 Å². The van der Waals surface area contributed by atoms with Gasteiger partial charge in [-0.3, -0.25) is 9.59 Å². The Labute approximate surface area is 155 Å². The molecule has 0 bridgehead atoms. The summed E-state index contributed by atoms with van der Waals surface area (Å²) in [4.78, 5) is 25.6. The van der Waals surface area contributed by atoms with Gasteiger partial charge in [-0.15, -0.1) is 0 Å². The van der Waals surface area contributed by atoms with E-state index in [1.807, 2.05) is 20.8 Å². The van der Waals surface area contributed by atoms with Gasteiger partial charge in [-0.1, -0.05) is 6.92 Å². The Morgan fingerprint density at radius 1 is 1.38 bits per heavy atom. The van der Waals surface area contributed by atoms with Crippen molar-refractivity contribution in [1.29, 1.82) is 0 Å². The van der Waals surface area contributed by atoms with Crippen LogP contribution in [0, 0.1) is 0 Å². The van der Waals surface area contributed by atoms with Crippen molar-refractivity contribution in [2.24, 2.45) is 0 Å². The van der Waals surface area contributed by atoms with E-state index in [1.165, 1.54) is 20.0 Å². The predicted molar refractivity (Wildman–Crippen MR) is 100 cm³/mol. The molecular weight excluding hydrogens is 354 g/mol. The second-order valence-corrected chi connectivity index (χ2v) is 8.92. The maximum absolute atomic E-state index is 12.8. The average Bonchev–Trinajstić information content (AvgIpc) is 2.89. The summed E-state index contributed by atoms with van der Waals surface area (Å²) in [6, 6.07) is 4.76. The molecule has 0 unspecified atom stereocenters. The first-order chi connectivity index (χ1) is 12.1. The topological polar surface area (TPSA) is 86.8 Å². The quantitative estimate of drug-likeness (QED) is 0.809. The van der Waals surface area contributed by atoms with Crippen LogP contribution in [-0.4, -0.2) is 50.2 Å². The predicted octanol–water partition coefficient (Wildman–Crippen LogP) is 1.52. The van der Waals surface area contributed by atoms with E-state index in [0.29, 0.717) is 6.42 Å². The summed E-state index contributed by atoms with van der Waals surface area (Å²) in [7, 11) is -2.39. The van der Waals surface area contributed by atoms with Gasteiger partial charge in [0.1, 0.15) is 0 Å². The number of carbonyl (C=O) groups is 2. The molecule has 1 heterocycles. The third kappa shape index (κ3) is 4.07. The maximum Gasteiger partial charge on any atom is 0.243 e. The molecule has 1 aromatic carbocycles. The zero-order chi connectivity index (χ0) is 19.6. The normalized spacial score (nSPS) is 17.9. The maximum atomic E-state index is 12.8. The Kier molecular flexibility index (Phi) is 6.08. The van der Waals surface area contributed by atoms with Crippen molar-refractivity contribution in [1.82, 2.24) is 9.62 Å². The lowest BCUT2D eigenvalue weighted by molar-refractivity contribution is -0.121. The molecule has 0 aliphatic carbocycles.